The van der Waals surface area contributed by atoms with E-state index in [9.17, 15) is 43.2 Å². The first kappa shape index (κ1) is 89.1. The van der Waals surface area contributed by atoms with Gasteiger partial charge in [0.1, 0.15) is 19.3 Å². The van der Waals surface area contributed by atoms with Gasteiger partial charge >= 0.3 is 39.5 Å². The lowest BCUT2D eigenvalue weighted by Crippen LogP contribution is -2.30. The van der Waals surface area contributed by atoms with Gasteiger partial charge in [-0.1, -0.05) is 329 Å². The van der Waals surface area contributed by atoms with Gasteiger partial charge in [-0.25, -0.2) is 9.13 Å². The first-order valence-electron chi connectivity index (χ1n) is 37.8. The zero-order valence-corrected chi connectivity index (χ0v) is 60.6. The number of rotatable bonds is 73. The molecule has 5 atom stereocenters. The standard InChI is InChI=1S/C72H140O17P2/c1-5-9-13-17-21-25-29-32-35-39-43-47-51-55-59-72(77)89-68(63-83-70(75)57-53-49-45-41-37-33-30-26-22-18-14-10-6-2)65-87-91(80,81)85-61-66(73)60-84-90(78,79)86-64-67(62-82-69(74)56-52-48-44-40-36-28-24-20-16-12-8-4)88-71(76)58-54-50-46-42-38-34-31-27-23-19-15-11-7-3/h66-68,73H,5-65H2,1-4H3,(H,78,79)(H,80,81)/t66-,67+,68+/m0/s1. The lowest BCUT2D eigenvalue weighted by molar-refractivity contribution is -0.161. The summed E-state index contributed by atoms with van der Waals surface area (Å²) in [5.74, 6) is -2.11. The number of phosphoric ester groups is 2. The summed E-state index contributed by atoms with van der Waals surface area (Å²) in [7, 11) is -9.90. The van der Waals surface area contributed by atoms with Gasteiger partial charge in [0.25, 0.3) is 0 Å². The van der Waals surface area contributed by atoms with Gasteiger partial charge in [-0.3, -0.25) is 37.3 Å². The Hall–Kier alpha value is -1.94. The molecule has 0 saturated heterocycles. The summed E-state index contributed by atoms with van der Waals surface area (Å²) in [6, 6.07) is 0. The third kappa shape index (κ3) is 66.5. The normalized spacial score (nSPS) is 14.0. The Morgan fingerprint density at radius 1 is 0.264 bits per heavy atom. The maximum Gasteiger partial charge on any atom is 0.472 e. The Labute approximate surface area is 556 Å². The number of aliphatic hydroxyl groups excluding tert-OH is 1. The third-order valence-corrected chi connectivity index (χ3v) is 18.8. The molecule has 0 aromatic heterocycles. The molecule has 2 unspecified atom stereocenters. The van der Waals surface area contributed by atoms with Gasteiger partial charge in [0.05, 0.1) is 26.4 Å². The minimum atomic E-state index is -4.95. The first-order valence-corrected chi connectivity index (χ1v) is 40.8. The number of unbranched alkanes of at least 4 members (excludes halogenated alkanes) is 47. The van der Waals surface area contributed by atoms with E-state index in [1.165, 1.54) is 212 Å². The summed E-state index contributed by atoms with van der Waals surface area (Å²) in [5.41, 5.74) is 0. The van der Waals surface area contributed by atoms with Crippen molar-refractivity contribution in [2.45, 2.75) is 399 Å². The molecule has 0 saturated carbocycles. The maximum absolute atomic E-state index is 13.0. The zero-order chi connectivity index (χ0) is 66.8. The minimum absolute atomic E-state index is 0.108. The van der Waals surface area contributed by atoms with Crippen molar-refractivity contribution < 1.29 is 80.2 Å². The monoisotopic (exact) mass is 1340 g/mol. The molecule has 0 bridgehead atoms. The quantitative estimate of drug-likeness (QED) is 0.0222. The first-order chi connectivity index (χ1) is 44.2. The average molecular weight is 1340 g/mol. The molecule has 0 radical (unpaired) electrons. The Morgan fingerprint density at radius 2 is 0.440 bits per heavy atom. The molecule has 0 spiro atoms. The van der Waals surface area contributed by atoms with Crippen molar-refractivity contribution in [3.05, 3.63) is 0 Å². The number of hydrogen-bond acceptors (Lipinski definition) is 15. The Kier molecular flexibility index (Phi) is 65.2. The molecule has 0 aliphatic rings. The van der Waals surface area contributed by atoms with Crippen LogP contribution in [0.3, 0.4) is 0 Å². The fourth-order valence-corrected chi connectivity index (χ4v) is 12.6. The fraction of sp³-hybridized carbons (Fsp3) is 0.944. The van der Waals surface area contributed by atoms with Gasteiger partial charge in [-0.05, 0) is 25.7 Å². The Balaban J connectivity index is 5.25. The second-order valence-corrected chi connectivity index (χ2v) is 28.9. The molecule has 0 amide bonds. The summed E-state index contributed by atoms with van der Waals surface area (Å²) in [6.07, 6.45) is 55.2. The number of hydrogen-bond donors (Lipinski definition) is 3. The molecule has 0 aromatic rings. The molecule has 0 heterocycles. The summed E-state index contributed by atoms with van der Waals surface area (Å²) >= 11 is 0. The number of esters is 4. The SMILES string of the molecule is CCCCCCCCCCCCCCCCC(=O)O[C@H](COC(=O)CCCCCCCCCCCCCCC)COP(=O)(O)OC[C@@H](O)COP(=O)(O)OC[C@@H](COC(=O)CCCCCCCCCCCCC)OC(=O)CCCCCCCCCCCCCCC. The number of phosphoric acid groups is 2. The molecule has 0 aliphatic heterocycles. The molecular formula is C72H140O17P2. The Morgan fingerprint density at radius 3 is 0.648 bits per heavy atom. The Bertz CT molecular complexity index is 1740. The van der Waals surface area contributed by atoms with E-state index in [1.54, 1.807) is 0 Å². The van der Waals surface area contributed by atoms with Gasteiger partial charge in [-0.15, -0.1) is 0 Å². The summed E-state index contributed by atoms with van der Waals surface area (Å²) in [4.78, 5) is 72.6. The highest BCUT2D eigenvalue weighted by Gasteiger charge is 2.30. The highest BCUT2D eigenvalue weighted by Crippen LogP contribution is 2.45. The lowest BCUT2D eigenvalue weighted by atomic mass is 10.0. The van der Waals surface area contributed by atoms with E-state index in [0.717, 1.165) is 89.9 Å². The molecule has 19 heteroatoms. The fourth-order valence-electron chi connectivity index (χ4n) is 11.0. The smallest absolute Gasteiger partial charge is 0.462 e. The second-order valence-electron chi connectivity index (χ2n) is 26.0. The van der Waals surface area contributed by atoms with Gasteiger partial charge in [0.15, 0.2) is 12.2 Å². The van der Waals surface area contributed by atoms with Crippen LogP contribution in [0.25, 0.3) is 0 Å². The van der Waals surface area contributed by atoms with Crippen molar-refractivity contribution in [2.75, 3.05) is 39.6 Å². The van der Waals surface area contributed by atoms with Crippen LogP contribution >= 0.6 is 15.6 Å². The van der Waals surface area contributed by atoms with Crippen LogP contribution in [0, 0.1) is 0 Å². The molecule has 540 valence electrons. The zero-order valence-electron chi connectivity index (χ0n) is 58.8. The molecule has 17 nitrogen and oxygen atoms in total. The van der Waals surface area contributed by atoms with Crippen LogP contribution < -0.4 is 0 Å². The van der Waals surface area contributed by atoms with Gasteiger partial charge in [0.2, 0.25) is 0 Å². The van der Waals surface area contributed by atoms with Crippen molar-refractivity contribution in [3.8, 4) is 0 Å². The molecule has 91 heavy (non-hydrogen) atoms. The molecule has 0 rings (SSSR count). The molecule has 3 N–H and O–H groups in total. The van der Waals surface area contributed by atoms with E-state index in [0.29, 0.717) is 25.7 Å². The molecule has 0 aromatic carbocycles. The number of aliphatic hydroxyl groups is 1. The van der Waals surface area contributed by atoms with E-state index in [-0.39, 0.29) is 25.7 Å². The summed E-state index contributed by atoms with van der Waals surface area (Å²) in [5, 5.41) is 10.6. The second kappa shape index (κ2) is 66.7. The van der Waals surface area contributed by atoms with Crippen LogP contribution in [0.2, 0.25) is 0 Å². The van der Waals surface area contributed by atoms with Crippen LogP contribution in [0.1, 0.15) is 381 Å². The largest absolute Gasteiger partial charge is 0.472 e. The van der Waals surface area contributed by atoms with Crippen molar-refractivity contribution >= 4 is 39.5 Å². The van der Waals surface area contributed by atoms with Gasteiger partial charge in [0, 0.05) is 25.7 Å². The van der Waals surface area contributed by atoms with Crippen LogP contribution in [0.5, 0.6) is 0 Å². The average Bonchev–Trinajstić information content (AvgIpc) is 3.46. The van der Waals surface area contributed by atoms with Crippen LogP contribution in [-0.2, 0) is 65.4 Å². The van der Waals surface area contributed by atoms with E-state index >= 15 is 0 Å². The van der Waals surface area contributed by atoms with E-state index in [2.05, 4.69) is 27.7 Å². The van der Waals surface area contributed by atoms with Crippen LogP contribution in [0.4, 0.5) is 0 Å². The lowest BCUT2D eigenvalue weighted by Gasteiger charge is -2.21. The highest BCUT2D eigenvalue weighted by molar-refractivity contribution is 7.47. The van der Waals surface area contributed by atoms with Crippen LogP contribution in [0.15, 0.2) is 0 Å². The van der Waals surface area contributed by atoms with Gasteiger partial charge in [-0.2, -0.15) is 0 Å². The van der Waals surface area contributed by atoms with Crippen molar-refractivity contribution in [3.63, 3.8) is 0 Å². The highest BCUT2D eigenvalue weighted by atomic mass is 31.2. The summed E-state index contributed by atoms with van der Waals surface area (Å²) < 4.78 is 68.4. The molecular weight excluding hydrogens is 1200 g/mol. The predicted octanol–water partition coefficient (Wildman–Crippen LogP) is 21.1. The maximum atomic E-state index is 13.0. The van der Waals surface area contributed by atoms with Gasteiger partial charge < -0.3 is 33.8 Å². The van der Waals surface area contributed by atoms with Crippen LogP contribution in [-0.4, -0.2) is 96.7 Å². The van der Waals surface area contributed by atoms with Crippen molar-refractivity contribution in [1.82, 2.24) is 0 Å². The number of ether oxygens (including phenoxy) is 4. The van der Waals surface area contributed by atoms with E-state index in [4.69, 9.17) is 37.0 Å². The van der Waals surface area contributed by atoms with E-state index < -0.39 is 97.5 Å². The molecule has 0 aliphatic carbocycles. The third-order valence-electron chi connectivity index (χ3n) is 16.9. The van der Waals surface area contributed by atoms with E-state index in [1.807, 2.05) is 0 Å². The molecule has 0 fully saturated rings. The predicted molar refractivity (Wildman–Crippen MR) is 368 cm³/mol. The minimum Gasteiger partial charge on any atom is -0.462 e. The topological polar surface area (TPSA) is 237 Å². The number of carbonyl (C=O) groups is 4. The summed E-state index contributed by atoms with van der Waals surface area (Å²) in [6.45, 7) is 4.97. The van der Waals surface area contributed by atoms with Crippen molar-refractivity contribution in [2.24, 2.45) is 0 Å². The van der Waals surface area contributed by atoms with Crippen molar-refractivity contribution in [1.29, 1.82) is 0 Å². The number of carbonyl (C=O) groups excluding carboxylic acids is 4.